The predicted octanol–water partition coefficient (Wildman–Crippen LogP) is 6.93. The van der Waals surface area contributed by atoms with Gasteiger partial charge in [-0.05, 0) is 42.5 Å². The SMILES string of the molecule is Cc1ccc2c(c1)-c1c(C3CC3)nc3ccccc3c1C2(Cl)c1ccccc1. The molecule has 1 atom stereocenters. The fraction of sp³-hybridized carbons (Fsp3) is 0.192. The summed E-state index contributed by atoms with van der Waals surface area (Å²) in [7, 11) is 0. The Morgan fingerprint density at radius 3 is 2.46 bits per heavy atom. The average molecular weight is 382 g/mol. The maximum absolute atomic E-state index is 7.66. The molecule has 1 heterocycles. The number of pyridine rings is 1. The number of nitrogens with zero attached hydrogens (tertiary/aromatic N) is 1. The number of aromatic nitrogens is 1. The summed E-state index contributed by atoms with van der Waals surface area (Å²) in [6.07, 6.45) is 2.44. The number of para-hydroxylation sites is 1. The highest BCUT2D eigenvalue weighted by molar-refractivity contribution is 6.32. The number of fused-ring (bicyclic) bond motifs is 5. The molecule has 2 aliphatic carbocycles. The monoisotopic (exact) mass is 381 g/mol. The van der Waals surface area contributed by atoms with Crippen molar-refractivity contribution in [1.82, 2.24) is 4.98 Å². The van der Waals surface area contributed by atoms with Gasteiger partial charge >= 0.3 is 0 Å². The van der Waals surface area contributed by atoms with Crippen LogP contribution >= 0.6 is 11.6 Å². The zero-order valence-electron chi connectivity index (χ0n) is 15.7. The number of rotatable bonds is 2. The number of benzene rings is 3. The smallest absolute Gasteiger partial charge is 0.121 e. The van der Waals surface area contributed by atoms with Gasteiger partial charge in [0.2, 0.25) is 0 Å². The summed E-state index contributed by atoms with van der Waals surface area (Å²) in [4.78, 5) is 4.45. The summed E-state index contributed by atoms with van der Waals surface area (Å²) in [5, 5.41) is 1.16. The van der Waals surface area contributed by atoms with E-state index in [9.17, 15) is 0 Å². The molecule has 0 radical (unpaired) electrons. The van der Waals surface area contributed by atoms with Crippen molar-refractivity contribution in [1.29, 1.82) is 0 Å². The lowest BCUT2D eigenvalue weighted by Gasteiger charge is -2.27. The van der Waals surface area contributed by atoms with E-state index in [0.717, 1.165) is 16.5 Å². The van der Waals surface area contributed by atoms with Gasteiger partial charge in [0.25, 0.3) is 0 Å². The molecule has 1 aromatic heterocycles. The highest BCUT2D eigenvalue weighted by atomic mass is 35.5. The Morgan fingerprint density at radius 2 is 1.68 bits per heavy atom. The first-order chi connectivity index (χ1) is 13.7. The number of hydrogen-bond acceptors (Lipinski definition) is 1. The third kappa shape index (κ3) is 2.11. The summed E-state index contributed by atoms with van der Waals surface area (Å²) in [5.74, 6) is 0.557. The fourth-order valence-electron chi connectivity index (χ4n) is 4.78. The Labute approximate surface area is 170 Å². The zero-order chi connectivity index (χ0) is 18.9. The van der Waals surface area contributed by atoms with Crippen LogP contribution in [0.4, 0.5) is 0 Å². The van der Waals surface area contributed by atoms with E-state index in [1.165, 1.54) is 46.4 Å². The molecular weight excluding hydrogens is 362 g/mol. The van der Waals surface area contributed by atoms with E-state index in [1.807, 2.05) is 0 Å². The average Bonchev–Trinajstić information content (AvgIpc) is 3.54. The summed E-state index contributed by atoms with van der Waals surface area (Å²) in [6.45, 7) is 2.15. The molecule has 0 amide bonds. The van der Waals surface area contributed by atoms with Crippen LogP contribution in [0.5, 0.6) is 0 Å². The lowest BCUT2D eigenvalue weighted by atomic mass is 9.86. The van der Waals surface area contributed by atoms with E-state index in [-0.39, 0.29) is 0 Å². The van der Waals surface area contributed by atoms with Gasteiger partial charge in [0.1, 0.15) is 4.87 Å². The molecule has 0 bridgehead atoms. The van der Waals surface area contributed by atoms with Crippen molar-refractivity contribution in [3.05, 3.63) is 101 Å². The molecule has 1 fully saturated rings. The van der Waals surface area contributed by atoms with Crippen molar-refractivity contribution in [2.75, 3.05) is 0 Å². The molecule has 3 aromatic carbocycles. The van der Waals surface area contributed by atoms with Crippen LogP contribution in [0.25, 0.3) is 22.0 Å². The highest BCUT2D eigenvalue weighted by Gasteiger charge is 2.47. The van der Waals surface area contributed by atoms with Gasteiger partial charge in [0.15, 0.2) is 0 Å². The minimum Gasteiger partial charge on any atom is -0.252 e. The second-order valence-corrected chi connectivity index (χ2v) is 8.68. The van der Waals surface area contributed by atoms with Crippen molar-refractivity contribution in [3.8, 4) is 11.1 Å². The maximum Gasteiger partial charge on any atom is 0.121 e. The van der Waals surface area contributed by atoms with Crippen LogP contribution in [0.15, 0.2) is 72.8 Å². The van der Waals surface area contributed by atoms with Crippen LogP contribution in [0, 0.1) is 6.92 Å². The van der Waals surface area contributed by atoms with E-state index in [0.29, 0.717) is 5.92 Å². The van der Waals surface area contributed by atoms with Crippen LogP contribution in [0.2, 0.25) is 0 Å². The second kappa shape index (κ2) is 5.68. The van der Waals surface area contributed by atoms with Crippen LogP contribution in [-0.2, 0) is 4.87 Å². The van der Waals surface area contributed by atoms with Gasteiger partial charge in [-0.15, -0.1) is 11.6 Å². The van der Waals surface area contributed by atoms with Crippen molar-refractivity contribution < 1.29 is 0 Å². The molecule has 6 rings (SSSR count). The van der Waals surface area contributed by atoms with E-state index >= 15 is 0 Å². The lowest BCUT2D eigenvalue weighted by molar-refractivity contribution is 0.914. The minimum atomic E-state index is -0.689. The predicted molar refractivity (Wildman–Crippen MR) is 116 cm³/mol. The summed E-state index contributed by atoms with van der Waals surface area (Å²) in [6, 6.07) is 25.7. The molecule has 1 nitrogen and oxygen atoms in total. The van der Waals surface area contributed by atoms with Gasteiger partial charge in [-0.25, -0.2) is 0 Å². The molecule has 0 spiro atoms. The number of hydrogen-bond donors (Lipinski definition) is 0. The number of aryl methyl sites for hydroxylation is 1. The van der Waals surface area contributed by atoms with E-state index in [4.69, 9.17) is 16.6 Å². The Hall–Kier alpha value is -2.64. The van der Waals surface area contributed by atoms with Gasteiger partial charge in [-0.2, -0.15) is 0 Å². The van der Waals surface area contributed by atoms with Crippen molar-refractivity contribution in [2.45, 2.75) is 30.6 Å². The summed E-state index contributed by atoms with van der Waals surface area (Å²) >= 11 is 7.66. The molecule has 0 saturated heterocycles. The molecule has 2 heteroatoms. The van der Waals surface area contributed by atoms with E-state index in [1.54, 1.807) is 0 Å². The van der Waals surface area contributed by atoms with Crippen molar-refractivity contribution >= 4 is 22.5 Å². The molecule has 2 aliphatic rings. The van der Waals surface area contributed by atoms with E-state index < -0.39 is 4.87 Å². The number of halogens is 1. The number of alkyl halides is 1. The topological polar surface area (TPSA) is 12.9 Å². The van der Waals surface area contributed by atoms with Gasteiger partial charge in [-0.1, -0.05) is 72.3 Å². The van der Waals surface area contributed by atoms with Gasteiger partial charge in [0, 0.05) is 22.4 Å². The molecule has 0 N–H and O–H groups in total. The minimum absolute atomic E-state index is 0.557. The third-order valence-electron chi connectivity index (χ3n) is 6.22. The Bertz CT molecular complexity index is 1240. The first kappa shape index (κ1) is 16.3. The van der Waals surface area contributed by atoms with Gasteiger partial charge < -0.3 is 0 Å². The second-order valence-electron chi connectivity index (χ2n) is 8.11. The van der Waals surface area contributed by atoms with Gasteiger partial charge in [0.05, 0.1) is 11.2 Å². The molecule has 136 valence electrons. The Kier molecular flexibility index (Phi) is 3.31. The molecule has 0 aliphatic heterocycles. The Morgan fingerprint density at radius 1 is 0.929 bits per heavy atom. The van der Waals surface area contributed by atoms with Crippen LogP contribution in [0.1, 0.15) is 46.7 Å². The largest absolute Gasteiger partial charge is 0.252 e. The quantitative estimate of drug-likeness (QED) is 0.343. The fourth-order valence-corrected chi connectivity index (χ4v) is 5.27. The van der Waals surface area contributed by atoms with Crippen molar-refractivity contribution in [2.24, 2.45) is 0 Å². The summed E-state index contributed by atoms with van der Waals surface area (Å²) < 4.78 is 0. The molecule has 28 heavy (non-hydrogen) atoms. The molecule has 1 saturated carbocycles. The third-order valence-corrected chi connectivity index (χ3v) is 6.83. The Balaban J connectivity index is 1.82. The van der Waals surface area contributed by atoms with Gasteiger partial charge in [-0.3, -0.25) is 4.98 Å². The molecule has 1 unspecified atom stereocenters. The zero-order valence-corrected chi connectivity index (χ0v) is 16.5. The standard InChI is InChI=1S/C26H20ClN/c1-16-11-14-21-20(15-16)23-24(26(21,27)18-7-3-2-4-8-18)19-9-5-6-10-22(19)28-25(23)17-12-13-17/h2-11,14-15,17H,12-13H2,1H3. The highest BCUT2D eigenvalue weighted by Crippen LogP contribution is 2.60. The molecular formula is C26H20ClN. The van der Waals surface area contributed by atoms with Crippen LogP contribution < -0.4 is 0 Å². The lowest BCUT2D eigenvalue weighted by Crippen LogP contribution is -2.20. The van der Waals surface area contributed by atoms with Crippen LogP contribution in [0.3, 0.4) is 0 Å². The molecule has 4 aromatic rings. The van der Waals surface area contributed by atoms with Crippen LogP contribution in [-0.4, -0.2) is 4.98 Å². The first-order valence-corrected chi connectivity index (χ1v) is 10.3. The normalized spacial score (nSPS) is 20.2. The summed E-state index contributed by atoms with van der Waals surface area (Å²) in [5.41, 5.74) is 9.60. The van der Waals surface area contributed by atoms with Crippen molar-refractivity contribution in [3.63, 3.8) is 0 Å². The first-order valence-electron chi connectivity index (χ1n) is 9.97. The maximum atomic E-state index is 7.66. The van der Waals surface area contributed by atoms with E-state index in [2.05, 4.69) is 79.7 Å².